The molecule has 2 aliphatic rings. The third kappa shape index (κ3) is 4.67. The number of fused-ring (bicyclic) bond motifs is 4. The van der Waals surface area contributed by atoms with Gasteiger partial charge in [0.15, 0.2) is 10.8 Å². The van der Waals surface area contributed by atoms with Gasteiger partial charge in [0.2, 0.25) is 5.88 Å². The molecule has 206 valence electrons. The zero-order valence-corrected chi connectivity index (χ0v) is 23.2. The molecule has 0 aliphatic carbocycles. The highest BCUT2D eigenvalue weighted by Crippen LogP contribution is 2.31. The number of anilines is 2. The summed E-state index contributed by atoms with van der Waals surface area (Å²) in [4.78, 5) is 26.1. The predicted molar refractivity (Wildman–Crippen MR) is 152 cm³/mol. The SMILES string of the molecule is CC(C)(C)c1cc(NC(=O)Nc2ccc(-c3cn4c(n3)sc3nc(OCCN5CC6OCC65)ccc34)cc2)no1. The van der Waals surface area contributed by atoms with Crippen molar-refractivity contribution in [2.24, 2.45) is 0 Å². The highest BCUT2D eigenvalue weighted by molar-refractivity contribution is 7.23. The molecule has 12 heteroatoms. The van der Waals surface area contributed by atoms with Crippen molar-refractivity contribution in [2.75, 3.05) is 36.9 Å². The van der Waals surface area contributed by atoms with E-state index >= 15 is 0 Å². The van der Waals surface area contributed by atoms with Crippen molar-refractivity contribution in [2.45, 2.75) is 38.3 Å². The number of likely N-dealkylation sites (tertiary alicyclic amines) is 1. The van der Waals surface area contributed by atoms with E-state index in [0.29, 0.717) is 41.9 Å². The fraction of sp³-hybridized carbons (Fsp3) is 0.357. The maximum atomic E-state index is 12.4. The Morgan fingerprint density at radius 1 is 1.15 bits per heavy atom. The first kappa shape index (κ1) is 25.0. The molecule has 0 spiro atoms. The Bertz CT molecular complexity index is 1700. The van der Waals surface area contributed by atoms with Crippen LogP contribution in [0, 0.1) is 0 Å². The number of ether oxygens (including phenoxy) is 2. The molecule has 0 saturated carbocycles. The van der Waals surface area contributed by atoms with E-state index in [1.807, 2.05) is 67.8 Å². The van der Waals surface area contributed by atoms with Crippen molar-refractivity contribution in [3.63, 3.8) is 0 Å². The van der Waals surface area contributed by atoms with Crippen LogP contribution in [0.1, 0.15) is 26.5 Å². The Hall–Kier alpha value is -4.00. The summed E-state index contributed by atoms with van der Waals surface area (Å²) in [6.45, 7) is 9.39. The number of benzene rings is 1. The molecule has 40 heavy (non-hydrogen) atoms. The number of rotatable bonds is 7. The van der Waals surface area contributed by atoms with Crippen molar-refractivity contribution in [1.29, 1.82) is 0 Å². The second-order valence-electron chi connectivity index (χ2n) is 11.1. The number of nitrogens with one attached hydrogen (secondary N) is 2. The molecule has 2 aliphatic heterocycles. The molecular formula is C28H29N7O4S. The fourth-order valence-corrected chi connectivity index (χ4v) is 5.84. The summed E-state index contributed by atoms with van der Waals surface area (Å²) in [5.41, 5.74) is 3.23. The lowest BCUT2D eigenvalue weighted by Gasteiger charge is -2.54. The zero-order chi connectivity index (χ0) is 27.4. The average Bonchev–Trinajstić information content (AvgIpc) is 3.61. The molecular weight excluding hydrogens is 530 g/mol. The molecule has 7 rings (SSSR count). The number of urea groups is 1. The number of pyridine rings is 1. The number of nitrogens with zero attached hydrogens (tertiary/aromatic N) is 5. The van der Waals surface area contributed by atoms with E-state index in [1.165, 1.54) is 11.3 Å². The van der Waals surface area contributed by atoms with Gasteiger partial charge in [0, 0.05) is 48.1 Å². The lowest BCUT2D eigenvalue weighted by molar-refractivity contribution is -0.215. The number of carbonyl (C=O) groups excluding carboxylic acids is 1. The first-order chi connectivity index (χ1) is 19.3. The van der Waals surface area contributed by atoms with Crippen molar-refractivity contribution < 1.29 is 18.8 Å². The number of hydrogen-bond acceptors (Lipinski definition) is 9. The fourth-order valence-electron chi connectivity index (χ4n) is 4.87. The summed E-state index contributed by atoms with van der Waals surface area (Å²) in [6, 6.07) is 13.4. The summed E-state index contributed by atoms with van der Waals surface area (Å²) in [7, 11) is 0. The van der Waals surface area contributed by atoms with Gasteiger partial charge in [-0.25, -0.2) is 14.8 Å². The minimum Gasteiger partial charge on any atom is -0.476 e. The van der Waals surface area contributed by atoms with Crippen molar-refractivity contribution in [3.8, 4) is 17.1 Å². The van der Waals surface area contributed by atoms with Gasteiger partial charge < -0.3 is 19.3 Å². The monoisotopic (exact) mass is 559 g/mol. The van der Waals surface area contributed by atoms with Crippen LogP contribution in [0.15, 0.2) is 53.2 Å². The Labute approximate surface area is 234 Å². The third-order valence-electron chi connectivity index (χ3n) is 7.29. The second-order valence-corrected chi connectivity index (χ2v) is 12.1. The number of amides is 2. The van der Waals surface area contributed by atoms with Gasteiger partial charge in [-0.05, 0) is 18.2 Å². The Morgan fingerprint density at radius 2 is 2.00 bits per heavy atom. The summed E-state index contributed by atoms with van der Waals surface area (Å²) in [6.07, 6.45) is 2.44. The predicted octanol–water partition coefficient (Wildman–Crippen LogP) is 5.00. The van der Waals surface area contributed by atoms with Gasteiger partial charge in [0.1, 0.15) is 17.2 Å². The second kappa shape index (κ2) is 9.58. The van der Waals surface area contributed by atoms with E-state index in [-0.39, 0.29) is 5.41 Å². The number of hydrogen-bond donors (Lipinski definition) is 2. The number of morpholine rings is 1. The van der Waals surface area contributed by atoms with Gasteiger partial charge in [0.25, 0.3) is 0 Å². The standard InChI is InChI=1S/C28H29N7O4S/c1-28(2,3)22-12-23(33-39-22)31-26(36)29-17-6-4-16(5-7-17)18-13-35-19-8-9-24(32-25(19)40-27(35)30-18)37-11-10-34-14-21-20(34)15-38-21/h4-9,12-13,20-21H,10-11,14-15H2,1-3H3,(H2,29,31,33,36). The lowest BCUT2D eigenvalue weighted by Crippen LogP contribution is -2.70. The van der Waals surface area contributed by atoms with Gasteiger partial charge in [-0.3, -0.25) is 14.6 Å². The van der Waals surface area contributed by atoms with Gasteiger partial charge in [-0.2, -0.15) is 0 Å². The highest BCUT2D eigenvalue weighted by Gasteiger charge is 2.46. The third-order valence-corrected chi connectivity index (χ3v) is 8.25. The number of imidazole rings is 1. The quantitative estimate of drug-likeness (QED) is 0.286. The summed E-state index contributed by atoms with van der Waals surface area (Å²) in [5.74, 6) is 1.69. The highest BCUT2D eigenvalue weighted by atomic mass is 32.1. The Morgan fingerprint density at radius 3 is 2.70 bits per heavy atom. The average molecular weight is 560 g/mol. The molecule has 5 aromatic rings. The van der Waals surface area contributed by atoms with Crippen LogP contribution >= 0.6 is 11.3 Å². The van der Waals surface area contributed by atoms with Crippen LogP contribution in [-0.2, 0) is 10.2 Å². The van der Waals surface area contributed by atoms with E-state index in [4.69, 9.17) is 24.0 Å². The summed E-state index contributed by atoms with van der Waals surface area (Å²) < 4.78 is 18.7. The molecule has 0 bridgehead atoms. The molecule has 2 atom stereocenters. The molecule has 2 N–H and O–H groups in total. The molecule has 6 heterocycles. The minimum atomic E-state index is -0.395. The normalized spacial score (nSPS) is 18.8. The van der Waals surface area contributed by atoms with E-state index in [0.717, 1.165) is 46.3 Å². The maximum absolute atomic E-state index is 12.4. The minimum absolute atomic E-state index is 0.190. The van der Waals surface area contributed by atoms with Crippen LogP contribution in [0.3, 0.4) is 0 Å². The molecule has 1 aromatic carbocycles. The largest absolute Gasteiger partial charge is 0.476 e. The first-order valence-electron chi connectivity index (χ1n) is 13.2. The van der Waals surface area contributed by atoms with E-state index in [2.05, 4.69) is 20.7 Å². The number of thiazole rings is 1. The van der Waals surface area contributed by atoms with Crippen LogP contribution in [-0.4, -0.2) is 68.9 Å². The van der Waals surface area contributed by atoms with Crippen molar-refractivity contribution >= 4 is 44.2 Å². The van der Waals surface area contributed by atoms with Crippen LogP contribution in [0.25, 0.3) is 26.6 Å². The van der Waals surface area contributed by atoms with E-state index < -0.39 is 6.03 Å². The smallest absolute Gasteiger partial charge is 0.324 e. The van der Waals surface area contributed by atoms with Crippen LogP contribution < -0.4 is 15.4 Å². The van der Waals surface area contributed by atoms with Gasteiger partial charge in [-0.15, -0.1) is 0 Å². The lowest BCUT2D eigenvalue weighted by atomic mass is 9.93. The Balaban J connectivity index is 0.980. The molecule has 2 amide bonds. The van der Waals surface area contributed by atoms with Gasteiger partial charge in [0.05, 0.1) is 30.0 Å². The summed E-state index contributed by atoms with van der Waals surface area (Å²) in [5, 5.41) is 9.44. The van der Waals surface area contributed by atoms with Crippen LogP contribution in [0.4, 0.5) is 16.3 Å². The van der Waals surface area contributed by atoms with Crippen molar-refractivity contribution in [3.05, 3.63) is 54.4 Å². The zero-order valence-electron chi connectivity index (χ0n) is 22.4. The van der Waals surface area contributed by atoms with E-state index in [9.17, 15) is 4.79 Å². The van der Waals surface area contributed by atoms with Gasteiger partial charge in [-0.1, -0.05) is 49.4 Å². The molecule has 0 radical (unpaired) electrons. The summed E-state index contributed by atoms with van der Waals surface area (Å²) >= 11 is 1.53. The van der Waals surface area contributed by atoms with E-state index in [1.54, 1.807) is 6.07 Å². The van der Waals surface area contributed by atoms with Gasteiger partial charge >= 0.3 is 6.03 Å². The maximum Gasteiger partial charge on any atom is 0.324 e. The molecule has 4 aromatic heterocycles. The topological polar surface area (TPSA) is 119 Å². The van der Waals surface area contributed by atoms with Crippen LogP contribution in [0.2, 0.25) is 0 Å². The van der Waals surface area contributed by atoms with Crippen LogP contribution in [0.5, 0.6) is 5.88 Å². The van der Waals surface area contributed by atoms with Crippen molar-refractivity contribution in [1.82, 2.24) is 24.4 Å². The molecule has 2 saturated heterocycles. The Kier molecular flexibility index (Phi) is 5.99. The first-order valence-corrected chi connectivity index (χ1v) is 14.0. The molecule has 2 unspecified atom stereocenters. The molecule has 2 fully saturated rings. The number of carbonyl (C=O) groups is 1. The molecule has 11 nitrogen and oxygen atoms in total. The number of aromatic nitrogens is 4.